The molecule has 0 N–H and O–H groups in total. The average Bonchev–Trinajstić information content (AvgIpc) is 3.02. The zero-order valence-corrected chi connectivity index (χ0v) is 17.6. The lowest BCUT2D eigenvalue weighted by molar-refractivity contribution is -0.384. The number of thiophene rings is 1. The summed E-state index contributed by atoms with van der Waals surface area (Å²) in [6, 6.07) is 4.58. The van der Waals surface area contributed by atoms with Gasteiger partial charge in [-0.3, -0.25) is 14.9 Å². The number of hydrogen-bond donors (Lipinski definition) is 0. The van der Waals surface area contributed by atoms with Gasteiger partial charge in [-0.25, -0.2) is 0 Å². The summed E-state index contributed by atoms with van der Waals surface area (Å²) in [7, 11) is 0. The second kappa shape index (κ2) is 8.49. The molecule has 1 fully saturated rings. The zero-order valence-electron chi connectivity index (χ0n) is 16.8. The molecule has 1 saturated heterocycles. The van der Waals surface area contributed by atoms with Gasteiger partial charge in [-0.05, 0) is 49.4 Å². The third-order valence-corrected chi connectivity index (χ3v) is 7.09. The fraction of sp³-hybridized carbons (Fsp3) is 0.476. The largest absolute Gasteiger partial charge is 0.416 e. The summed E-state index contributed by atoms with van der Waals surface area (Å²) < 4.78 is 38.8. The second-order valence-electron chi connectivity index (χ2n) is 7.86. The lowest BCUT2D eigenvalue weighted by atomic mass is 10.1. The van der Waals surface area contributed by atoms with Crippen LogP contribution >= 0.6 is 11.3 Å². The lowest BCUT2D eigenvalue weighted by Crippen LogP contribution is -2.48. The second-order valence-corrected chi connectivity index (χ2v) is 8.99. The molecule has 10 heteroatoms. The van der Waals surface area contributed by atoms with Crippen molar-refractivity contribution in [2.75, 3.05) is 31.1 Å². The van der Waals surface area contributed by atoms with E-state index < -0.39 is 22.4 Å². The molecule has 0 atom stereocenters. The van der Waals surface area contributed by atoms with Gasteiger partial charge in [0.05, 0.1) is 15.4 Å². The van der Waals surface area contributed by atoms with Gasteiger partial charge < -0.3 is 9.80 Å². The Morgan fingerprint density at radius 1 is 1.03 bits per heavy atom. The summed E-state index contributed by atoms with van der Waals surface area (Å²) in [5.74, 6) is -0.0420. The number of amides is 1. The molecule has 0 bridgehead atoms. The van der Waals surface area contributed by atoms with Crippen LogP contribution in [-0.4, -0.2) is 41.9 Å². The molecule has 1 amide bonds. The highest BCUT2D eigenvalue weighted by Crippen LogP contribution is 2.37. The third-order valence-electron chi connectivity index (χ3n) is 5.86. The molecule has 0 spiro atoms. The van der Waals surface area contributed by atoms with Crippen molar-refractivity contribution in [3.8, 4) is 0 Å². The Morgan fingerprint density at radius 2 is 1.74 bits per heavy atom. The maximum atomic E-state index is 13.0. The number of rotatable bonds is 3. The number of carbonyl (C=O) groups excluding carboxylic acids is 1. The Bertz CT molecular complexity index is 974. The fourth-order valence-corrected chi connectivity index (χ4v) is 5.41. The molecule has 0 saturated carbocycles. The standard InChI is InChI=1S/C21H22F3N3O3S/c22-21(23,24)15-6-7-16(17(13-15)27(29)30)25-8-10-26(11-9-25)20(28)19-12-14-4-2-1-3-5-18(14)31-19/h6-7,12-13H,1-5,8-11H2. The molecule has 2 aromatic rings. The maximum Gasteiger partial charge on any atom is 0.416 e. The monoisotopic (exact) mass is 453 g/mol. The highest BCUT2D eigenvalue weighted by Gasteiger charge is 2.34. The van der Waals surface area contributed by atoms with E-state index in [0.29, 0.717) is 32.2 Å². The number of benzene rings is 1. The minimum Gasteiger partial charge on any atom is -0.362 e. The molecule has 1 aromatic carbocycles. The van der Waals surface area contributed by atoms with Gasteiger partial charge in [0, 0.05) is 37.1 Å². The predicted molar refractivity (Wildman–Crippen MR) is 112 cm³/mol. The average molecular weight is 453 g/mol. The third kappa shape index (κ3) is 4.53. The van der Waals surface area contributed by atoms with Crippen molar-refractivity contribution in [3.05, 3.63) is 55.3 Å². The van der Waals surface area contributed by atoms with Crippen LogP contribution in [0.2, 0.25) is 0 Å². The number of nitro benzene ring substituents is 1. The zero-order chi connectivity index (χ0) is 22.2. The molecule has 31 heavy (non-hydrogen) atoms. The van der Waals surface area contributed by atoms with Crippen molar-refractivity contribution in [2.24, 2.45) is 0 Å². The first kappa shape index (κ1) is 21.6. The van der Waals surface area contributed by atoms with Crippen molar-refractivity contribution in [1.82, 2.24) is 4.90 Å². The van der Waals surface area contributed by atoms with Gasteiger partial charge in [-0.1, -0.05) is 6.42 Å². The number of alkyl halides is 3. The smallest absolute Gasteiger partial charge is 0.362 e. The van der Waals surface area contributed by atoms with Crippen LogP contribution in [0.25, 0.3) is 0 Å². The van der Waals surface area contributed by atoms with Gasteiger partial charge in [0.15, 0.2) is 0 Å². The molecule has 2 heterocycles. The normalized spacial score (nSPS) is 17.3. The Labute approximate surface area is 181 Å². The summed E-state index contributed by atoms with van der Waals surface area (Å²) in [5.41, 5.74) is -0.205. The maximum absolute atomic E-state index is 13.0. The molecule has 0 radical (unpaired) electrons. The summed E-state index contributed by atoms with van der Waals surface area (Å²) in [6.07, 6.45) is 0.868. The molecule has 1 aliphatic carbocycles. The summed E-state index contributed by atoms with van der Waals surface area (Å²) in [6.45, 7) is 1.37. The van der Waals surface area contributed by atoms with Gasteiger partial charge in [-0.2, -0.15) is 13.2 Å². The molecular weight excluding hydrogens is 431 g/mol. The molecule has 1 aromatic heterocycles. The first-order valence-electron chi connectivity index (χ1n) is 10.3. The van der Waals surface area contributed by atoms with E-state index in [2.05, 4.69) is 0 Å². The first-order chi connectivity index (χ1) is 14.7. The molecule has 4 rings (SSSR count). The van der Waals surface area contributed by atoms with E-state index >= 15 is 0 Å². The summed E-state index contributed by atoms with van der Waals surface area (Å²) in [5, 5.41) is 11.4. The van der Waals surface area contributed by atoms with Gasteiger partial charge in [0.2, 0.25) is 0 Å². The minimum atomic E-state index is -4.65. The number of nitro groups is 1. The molecule has 166 valence electrons. The Kier molecular flexibility index (Phi) is 5.92. The topological polar surface area (TPSA) is 66.7 Å². The van der Waals surface area contributed by atoms with Crippen LogP contribution in [0.3, 0.4) is 0 Å². The number of anilines is 1. The van der Waals surface area contributed by atoms with E-state index in [-0.39, 0.29) is 11.6 Å². The predicted octanol–water partition coefficient (Wildman–Crippen LogP) is 4.91. The van der Waals surface area contributed by atoms with E-state index in [1.54, 1.807) is 21.1 Å². The van der Waals surface area contributed by atoms with Crippen LogP contribution in [-0.2, 0) is 19.0 Å². The van der Waals surface area contributed by atoms with Crippen LogP contribution < -0.4 is 4.90 Å². The molecule has 2 aliphatic rings. The lowest BCUT2D eigenvalue weighted by Gasteiger charge is -2.35. The summed E-state index contributed by atoms with van der Waals surface area (Å²) >= 11 is 1.56. The van der Waals surface area contributed by atoms with Gasteiger partial charge in [0.25, 0.3) is 11.6 Å². The number of halogens is 3. The highest BCUT2D eigenvalue weighted by atomic mass is 32.1. The van der Waals surface area contributed by atoms with Crippen LogP contribution in [0.1, 0.15) is 44.9 Å². The number of fused-ring (bicyclic) bond motifs is 1. The van der Waals surface area contributed by atoms with E-state index in [0.717, 1.165) is 42.7 Å². The van der Waals surface area contributed by atoms with Crippen LogP contribution in [0.4, 0.5) is 24.5 Å². The van der Waals surface area contributed by atoms with E-state index in [4.69, 9.17) is 0 Å². The first-order valence-corrected chi connectivity index (χ1v) is 11.1. The number of aryl methyl sites for hydroxylation is 2. The quantitative estimate of drug-likeness (QED) is 0.376. The van der Waals surface area contributed by atoms with Crippen LogP contribution in [0, 0.1) is 10.1 Å². The fourth-order valence-electron chi connectivity index (χ4n) is 4.19. The van der Waals surface area contributed by atoms with Crippen molar-refractivity contribution in [2.45, 2.75) is 38.3 Å². The number of hydrogen-bond acceptors (Lipinski definition) is 5. The molecule has 1 aliphatic heterocycles. The number of carbonyl (C=O) groups is 1. The van der Waals surface area contributed by atoms with E-state index in [1.165, 1.54) is 16.9 Å². The minimum absolute atomic E-state index is 0.0420. The Balaban J connectivity index is 1.46. The van der Waals surface area contributed by atoms with Crippen molar-refractivity contribution in [3.63, 3.8) is 0 Å². The molecule has 0 unspecified atom stereocenters. The number of nitrogens with zero attached hydrogens (tertiary/aromatic N) is 3. The van der Waals surface area contributed by atoms with E-state index in [9.17, 15) is 28.1 Å². The Hall–Kier alpha value is -2.62. The van der Waals surface area contributed by atoms with Crippen molar-refractivity contribution < 1.29 is 22.9 Å². The highest BCUT2D eigenvalue weighted by molar-refractivity contribution is 7.14. The molecule has 6 nitrogen and oxygen atoms in total. The molecular formula is C21H22F3N3O3S. The van der Waals surface area contributed by atoms with Crippen LogP contribution in [0.15, 0.2) is 24.3 Å². The van der Waals surface area contributed by atoms with Gasteiger partial charge >= 0.3 is 6.18 Å². The van der Waals surface area contributed by atoms with Gasteiger partial charge in [0.1, 0.15) is 5.69 Å². The van der Waals surface area contributed by atoms with Gasteiger partial charge in [-0.15, -0.1) is 11.3 Å². The van der Waals surface area contributed by atoms with Crippen molar-refractivity contribution >= 4 is 28.6 Å². The van der Waals surface area contributed by atoms with Crippen molar-refractivity contribution in [1.29, 1.82) is 0 Å². The number of piperazine rings is 1. The van der Waals surface area contributed by atoms with Crippen LogP contribution in [0.5, 0.6) is 0 Å². The SMILES string of the molecule is O=C(c1cc2c(s1)CCCCC2)N1CCN(c2ccc(C(F)(F)F)cc2[N+](=O)[O-])CC1. The van der Waals surface area contributed by atoms with E-state index in [1.807, 2.05) is 6.07 Å². The Morgan fingerprint density at radius 3 is 2.42 bits per heavy atom. The summed E-state index contributed by atoms with van der Waals surface area (Å²) in [4.78, 5) is 28.9.